The number of rotatable bonds is 8. The van der Waals surface area contributed by atoms with Crippen LogP contribution in [-0.2, 0) is 9.59 Å². The molecule has 0 rings (SSSR count). The molecule has 0 bridgehead atoms. The molecule has 0 unspecified atom stereocenters. The summed E-state index contributed by atoms with van der Waals surface area (Å²) in [4.78, 5) is 20.0. The smallest absolute Gasteiger partial charge is 0.550 e. The van der Waals surface area contributed by atoms with Crippen molar-refractivity contribution in [3.05, 3.63) is 0 Å². The number of carbonyl (C=O) groups excluding carboxylic acids is 2. The van der Waals surface area contributed by atoms with E-state index in [1.54, 1.807) is 0 Å². The van der Waals surface area contributed by atoms with Gasteiger partial charge in [-0.05, 0) is 25.7 Å². The molecule has 0 aliphatic heterocycles. The molecule has 0 saturated heterocycles. The van der Waals surface area contributed by atoms with Crippen molar-refractivity contribution < 1.29 is 19.8 Å². The molecule has 0 heterocycles. The minimum Gasteiger partial charge on any atom is -0.550 e. The molecule has 0 aromatic heterocycles. The number of hydrogen-bond donors (Lipinski definition) is 0. The number of unbranched alkanes of at least 4 members (excludes halogenated alkanes) is 4. The third-order valence-electron chi connectivity index (χ3n) is 1.76. The number of carboxylic acids is 2. The minimum atomic E-state index is -1.02. The SMILES string of the molecule is O=C([O-])CCCCCCCC(=O)[O-].[Mg+2]. The third-order valence-corrected chi connectivity index (χ3v) is 1.76. The van der Waals surface area contributed by atoms with Crippen LogP contribution in [0.1, 0.15) is 44.9 Å². The van der Waals surface area contributed by atoms with Crippen LogP contribution < -0.4 is 10.2 Å². The maximum absolute atomic E-state index is 9.98. The summed E-state index contributed by atoms with van der Waals surface area (Å²) in [5.74, 6) is -2.04. The normalized spacial score (nSPS) is 9.14. The van der Waals surface area contributed by atoms with Gasteiger partial charge in [0, 0.05) is 11.9 Å². The first-order chi connectivity index (χ1) is 6.13. The molecule has 0 saturated carbocycles. The molecule has 0 N–H and O–H groups in total. The van der Waals surface area contributed by atoms with Gasteiger partial charge in [-0.2, -0.15) is 0 Å². The fourth-order valence-corrected chi connectivity index (χ4v) is 1.07. The van der Waals surface area contributed by atoms with Crippen LogP contribution in [0.25, 0.3) is 0 Å². The average Bonchev–Trinajstić information content (AvgIpc) is 2.01. The molecule has 0 radical (unpaired) electrons. The van der Waals surface area contributed by atoms with Gasteiger partial charge in [-0.1, -0.05) is 19.3 Å². The van der Waals surface area contributed by atoms with Crippen molar-refractivity contribution in [1.82, 2.24) is 0 Å². The van der Waals surface area contributed by atoms with Crippen LogP contribution in [0.5, 0.6) is 0 Å². The topological polar surface area (TPSA) is 80.3 Å². The van der Waals surface area contributed by atoms with E-state index in [9.17, 15) is 19.8 Å². The van der Waals surface area contributed by atoms with Gasteiger partial charge in [0.15, 0.2) is 0 Å². The van der Waals surface area contributed by atoms with E-state index in [-0.39, 0.29) is 35.9 Å². The van der Waals surface area contributed by atoms with Crippen LogP contribution >= 0.6 is 0 Å². The van der Waals surface area contributed by atoms with Gasteiger partial charge in [-0.15, -0.1) is 0 Å². The molecule has 0 aliphatic carbocycles. The molecule has 76 valence electrons. The Morgan fingerprint density at radius 2 is 1.00 bits per heavy atom. The zero-order valence-electron chi connectivity index (χ0n) is 8.29. The van der Waals surface area contributed by atoms with Crippen LogP contribution in [0.4, 0.5) is 0 Å². The largest absolute Gasteiger partial charge is 2.00 e. The van der Waals surface area contributed by atoms with Gasteiger partial charge in [-0.25, -0.2) is 0 Å². The number of aliphatic carboxylic acids is 2. The molecule has 0 atom stereocenters. The van der Waals surface area contributed by atoms with Crippen LogP contribution in [-0.4, -0.2) is 35.0 Å². The van der Waals surface area contributed by atoms with Gasteiger partial charge in [-0.3, -0.25) is 0 Å². The van der Waals surface area contributed by atoms with E-state index in [0.717, 1.165) is 19.3 Å². The molecule has 0 aliphatic rings. The first-order valence-corrected chi connectivity index (χ1v) is 4.52. The van der Waals surface area contributed by atoms with Gasteiger partial charge in [0.1, 0.15) is 0 Å². The van der Waals surface area contributed by atoms with Crippen molar-refractivity contribution in [3.63, 3.8) is 0 Å². The predicted octanol–water partition coefficient (Wildman–Crippen LogP) is -1.16. The van der Waals surface area contributed by atoms with E-state index in [4.69, 9.17) is 0 Å². The Morgan fingerprint density at radius 3 is 1.29 bits per heavy atom. The molecule has 4 nitrogen and oxygen atoms in total. The Labute approximate surface area is 99.8 Å². The summed E-state index contributed by atoms with van der Waals surface area (Å²) in [6.45, 7) is 0. The molecule has 14 heavy (non-hydrogen) atoms. The first kappa shape index (κ1) is 16.1. The van der Waals surface area contributed by atoms with Gasteiger partial charge >= 0.3 is 23.1 Å². The molecular formula is C9H14MgO4. The number of hydrogen-bond acceptors (Lipinski definition) is 4. The van der Waals surface area contributed by atoms with Crippen molar-refractivity contribution >= 4 is 35.0 Å². The maximum atomic E-state index is 9.98. The summed E-state index contributed by atoms with van der Waals surface area (Å²) in [6, 6.07) is 0. The summed E-state index contributed by atoms with van der Waals surface area (Å²) in [5.41, 5.74) is 0. The van der Waals surface area contributed by atoms with Gasteiger partial charge < -0.3 is 19.8 Å². The van der Waals surface area contributed by atoms with Crippen molar-refractivity contribution in [2.24, 2.45) is 0 Å². The second-order valence-electron chi connectivity index (χ2n) is 3.01. The second kappa shape index (κ2) is 10.8. The number of carboxylic acid groups (broad SMARTS) is 2. The molecule has 0 amide bonds. The van der Waals surface area contributed by atoms with E-state index in [1.165, 1.54) is 0 Å². The Bertz CT molecular complexity index is 152. The molecule has 0 fully saturated rings. The van der Waals surface area contributed by atoms with Crippen molar-refractivity contribution in [2.45, 2.75) is 44.9 Å². The predicted molar refractivity (Wildman–Crippen MR) is 48.1 cm³/mol. The van der Waals surface area contributed by atoms with Crippen molar-refractivity contribution in [2.75, 3.05) is 0 Å². The third kappa shape index (κ3) is 14.2. The van der Waals surface area contributed by atoms with Gasteiger partial charge in [0.05, 0.1) is 0 Å². The zero-order chi connectivity index (χ0) is 10.1. The quantitative estimate of drug-likeness (QED) is 0.374. The molecular weight excluding hydrogens is 196 g/mol. The molecule has 5 heteroatoms. The van der Waals surface area contributed by atoms with E-state index in [1.807, 2.05) is 0 Å². The van der Waals surface area contributed by atoms with E-state index >= 15 is 0 Å². The number of carbonyl (C=O) groups is 2. The zero-order valence-corrected chi connectivity index (χ0v) is 9.70. The summed E-state index contributed by atoms with van der Waals surface area (Å²) < 4.78 is 0. The Balaban J connectivity index is 0. The van der Waals surface area contributed by atoms with E-state index in [0.29, 0.717) is 12.8 Å². The summed E-state index contributed by atoms with van der Waals surface area (Å²) in [7, 11) is 0. The first-order valence-electron chi connectivity index (χ1n) is 4.52. The summed E-state index contributed by atoms with van der Waals surface area (Å²) in [5, 5.41) is 20.0. The molecule has 0 spiro atoms. The van der Waals surface area contributed by atoms with E-state index < -0.39 is 11.9 Å². The van der Waals surface area contributed by atoms with Crippen LogP contribution in [0.15, 0.2) is 0 Å². The Morgan fingerprint density at radius 1 is 0.714 bits per heavy atom. The average molecular weight is 211 g/mol. The van der Waals surface area contributed by atoms with Crippen LogP contribution in [0, 0.1) is 0 Å². The molecule has 0 aromatic rings. The van der Waals surface area contributed by atoms with Crippen LogP contribution in [0.3, 0.4) is 0 Å². The monoisotopic (exact) mass is 210 g/mol. The standard InChI is InChI=1S/C9H16O4.Mg/c10-8(11)6-4-2-1-3-5-7-9(12)13;/h1-7H2,(H,10,11)(H,12,13);/q;+2/p-2. The fourth-order valence-electron chi connectivity index (χ4n) is 1.07. The second-order valence-corrected chi connectivity index (χ2v) is 3.01. The Hall–Kier alpha value is -0.294. The van der Waals surface area contributed by atoms with Crippen molar-refractivity contribution in [3.8, 4) is 0 Å². The summed E-state index contributed by atoms with van der Waals surface area (Å²) in [6.07, 6.45) is 3.95. The fraction of sp³-hybridized carbons (Fsp3) is 0.778. The van der Waals surface area contributed by atoms with Gasteiger partial charge in [0.2, 0.25) is 0 Å². The minimum absolute atomic E-state index is 0. The van der Waals surface area contributed by atoms with Gasteiger partial charge in [0.25, 0.3) is 0 Å². The van der Waals surface area contributed by atoms with E-state index in [2.05, 4.69) is 0 Å². The van der Waals surface area contributed by atoms with Crippen LogP contribution in [0.2, 0.25) is 0 Å². The summed E-state index contributed by atoms with van der Waals surface area (Å²) >= 11 is 0. The molecule has 0 aromatic carbocycles. The maximum Gasteiger partial charge on any atom is 2.00 e. The Kier molecular flexibility index (Phi) is 12.4. The van der Waals surface area contributed by atoms with Crippen molar-refractivity contribution in [1.29, 1.82) is 0 Å².